The quantitative estimate of drug-likeness (QED) is 0.711. The van der Waals surface area contributed by atoms with Crippen molar-refractivity contribution in [2.45, 2.75) is 58.1 Å². The smallest absolute Gasteiger partial charge is 0.410 e. The number of piperidine rings is 1. The number of hydrogen-bond donors (Lipinski definition) is 1. The van der Waals surface area contributed by atoms with Gasteiger partial charge in [0.15, 0.2) is 11.8 Å². The molecule has 3 aliphatic rings. The van der Waals surface area contributed by atoms with Crippen molar-refractivity contribution in [3.05, 3.63) is 35.3 Å². The number of anilines is 2. The second kappa shape index (κ2) is 8.73. The Morgan fingerprint density at radius 2 is 1.75 bits per heavy atom. The highest BCUT2D eigenvalue weighted by Crippen LogP contribution is 2.39. The summed E-state index contributed by atoms with van der Waals surface area (Å²) in [6, 6.07) is 6.51. The fourth-order valence-corrected chi connectivity index (χ4v) is 4.77. The number of benzene rings is 1. The van der Waals surface area contributed by atoms with Gasteiger partial charge in [-0.1, -0.05) is 6.07 Å². The predicted octanol–water partition coefficient (Wildman–Crippen LogP) is 2.64. The molecule has 1 amide bonds. The molecular weight excluding hydrogens is 408 g/mol. The van der Waals surface area contributed by atoms with Crippen LogP contribution in [0.4, 0.5) is 16.2 Å². The highest BCUT2D eigenvalue weighted by molar-refractivity contribution is 5.76. The number of likely N-dealkylation sites (tertiary alicyclic amines) is 1. The highest BCUT2D eigenvalue weighted by atomic mass is 16.6. The molecule has 4 rings (SSSR count). The van der Waals surface area contributed by atoms with E-state index < -0.39 is 5.60 Å². The van der Waals surface area contributed by atoms with Gasteiger partial charge < -0.3 is 24.8 Å². The van der Waals surface area contributed by atoms with Crippen molar-refractivity contribution < 1.29 is 19.1 Å². The summed E-state index contributed by atoms with van der Waals surface area (Å²) in [6.45, 7) is 8.46. The number of rotatable bonds is 2. The first-order chi connectivity index (χ1) is 15.3. The summed E-state index contributed by atoms with van der Waals surface area (Å²) in [4.78, 5) is 41.0. The molecule has 2 saturated heterocycles. The third kappa shape index (κ3) is 4.38. The SMILES string of the molecule is CC(C)(C)OC(=O)N1CCC(N2CCc3c(N4CCC(=C=O)NC4=C=O)cccc32)CC1. The zero-order valence-electron chi connectivity index (χ0n) is 18.9. The van der Waals surface area contributed by atoms with Gasteiger partial charge in [0.1, 0.15) is 17.2 Å². The first-order valence-corrected chi connectivity index (χ1v) is 11.2. The molecule has 170 valence electrons. The number of fused-ring (bicyclic) bond motifs is 1. The average molecular weight is 439 g/mol. The van der Waals surface area contributed by atoms with Crippen LogP contribution in [0.3, 0.4) is 0 Å². The van der Waals surface area contributed by atoms with Crippen molar-refractivity contribution >= 4 is 29.4 Å². The molecule has 8 nitrogen and oxygen atoms in total. The first kappa shape index (κ1) is 22.0. The molecule has 0 saturated carbocycles. The molecule has 32 heavy (non-hydrogen) atoms. The molecule has 0 aromatic heterocycles. The zero-order valence-corrected chi connectivity index (χ0v) is 18.9. The maximum Gasteiger partial charge on any atom is 0.410 e. The summed E-state index contributed by atoms with van der Waals surface area (Å²) in [5.74, 6) is 4.04. The van der Waals surface area contributed by atoms with Crippen LogP contribution in [0.15, 0.2) is 29.7 Å². The lowest BCUT2D eigenvalue weighted by atomic mass is 10.0. The van der Waals surface area contributed by atoms with E-state index in [-0.39, 0.29) is 11.9 Å². The molecule has 0 bridgehead atoms. The second-order valence-electron chi connectivity index (χ2n) is 9.47. The second-order valence-corrected chi connectivity index (χ2v) is 9.47. The van der Waals surface area contributed by atoms with E-state index in [4.69, 9.17) is 4.74 Å². The summed E-state index contributed by atoms with van der Waals surface area (Å²) in [6.07, 6.45) is 2.93. The lowest BCUT2D eigenvalue weighted by Gasteiger charge is -2.38. The first-order valence-electron chi connectivity index (χ1n) is 11.2. The average Bonchev–Trinajstić information content (AvgIpc) is 3.22. The van der Waals surface area contributed by atoms with Crippen LogP contribution in [0.1, 0.15) is 45.6 Å². The third-order valence-electron chi connectivity index (χ3n) is 6.23. The molecule has 0 unspecified atom stereocenters. The molecular formula is C24H30N4O4. The van der Waals surface area contributed by atoms with E-state index in [1.165, 1.54) is 11.3 Å². The Morgan fingerprint density at radius 3 is 2.41 bits per heavy atom. The van der Waals surface area contributed by atoms with Crippen LogP contribution >= 0.6 is 0 Å². The Balaban J connectivity index is 1.48. The molecule has 0 atom stereocenters. The van der Waals surface area contributed by atoms with E-state index >= 15 is 0 Å². The van der Waals surface area contributed by atoms with Crippen molar-refractivity contribution in [3.8, 4) is 0 Å². The maximum atomic E-state index is 12.4. The molecule has 0 aliphatic carbocycles. The molecule has 0 radical (unpaired) electrons. The monoisotopic (exact) mass is 438 g/mol. The number of amides is 1. The van der Waals surface area contributed by atoms with E-state index in [9.17, 15) is 14.4 Å². The van der Waals surface area contributed by atoms with Crippen molar-refractivity contribution in [1.29, 1.82) is 0 Å². The van der Waals surface area contributed by atoms with Crippen molar-refractivity contribution in [2.24, 2.45) is 0 Å². The van der Waals surface area contributed by atoms with Crippen LogP contribution in [0, 0.1) is 0 Å². The Labute approximate surface area is 188 Å². The van der Waals surface area contributed by atoms with E-state index in [1.54, 1.807) is 4.90 Å². The van der Waals surface area contributed by atoms with Gasteiger partial charge in [0.25, 0.3) is 0 Å². The van der Waals surface area contributed by atoms with Crippen LogP contribution < -0.4 is 15.1 Å². The number of nitrogens with one attached hydrogen (secondary N) is 1. The summed E-state index contributed by atoms with van der Waals surface area (Å²) >= 11 is 0. The lowest BCUT2D eigenvalue weighted by Crippen LogP contribution is -2.47. The van der Waals surface area contributed by atoms with E-state index in [1.807, 2.05) is 49.7 Å². The fourth-order valence-electron chi connectivity index (χ4n) is 4.77. The van der Waals surface area contributed by atoms with Gasteiger partial charge in [0, 0.05) is 55.6 Å². The Morgan fingerprint density at radius 1 is 1.03 bits per heavy atom. The van der Waals surface area contributed by atoms with Crippen LogP contribution in [0.25, 0.3) is 0 Å². The molecule has 1 N–H and O–H groups in total. The Kier molecular flexibility index (Phi) is 6.00. The number of carbonyl (C=O) groups is 1. The normalized spacial score (nSPS) is 19.3. The predicted molar refractivity (Wildman–Crippen MR) is 122 cm³/mol. The topological polar surface area (TPSA) is 82.2 Å². The minimum Gasteiger partial charge on any atom is -0.444 e. The van der Waals surface area contributed by atoms with Crippen molar-refractivity contribution in [2.75, 3.05) is 36.0 Å². The zero-order chi connectivity index (χ0) is 22.9. The number of ether oxygens (including phenoxy) is 1. The molecule has 1 aromatic rings. The Bertz CT molecular complexity index is 994. The van der Waals surface area contributed by atoms with E-state index in [0.29, 0.717) is 37.8 Å². The summed E-state index contributed by atoms with van der Waals surface area (Å²) < 4.78 is 5.52. The van der Waals surface area contributed by atoms with Gasteiger partial charge >= 0.3 is 6.09 Å². The van der Waals surface area contributed by atoms with Gasteiger partial charge in [-0.25, -0.2) is 14.4 Å². The molecule has 2 fully saturated rings. The molecule has 3 heterocycles. The molecule has 0 spiro atoms. The van der Waals surface area contributed by atoms with Crippen LogP contribution in [0.2, 0.25) is 0 Å². The van der Waals surface area contributed by atoms with Gasteiger partial charge in [-0.15, -0.1) is 0 Å². The molecule has 3 aliphatic heterocycles. The van der Waals surface area contributed by atoms with Crippen LogP contribution in [0.5, 0.6) is 0 Å². The summed E-state index contributed by atoms with van der Waals surface area (Å²) in [5.41, 5.74) is 3.26. The summed E-state index contributed by atoms with van der Waals surface area (Å²) in [7, 11) is 0. The van der Waals surface area contributed by atoms with Gasteiger partial charge in [-0.2, -0.15) is 0 Å². The Hall–Kier alpha value is -3.21. The highest BCUT2D eigenvalue weighted by Gasteiger charge is 2.34. The van der Waals surface area contributed by atoms with Crippen molar-refractivity contribution in [1.82, 2.24) is 10.2 Å². The van der Waals surface area contributed by atoms with E-state index in [2.05, 4.69) is 16.3 Å². The van der Waals surface area contributed by atoms with Crippen LogP contribution in [-0.4, -0.2) is 60.7 Å². The van der Waals surface area contributed by atoms with E-state index in [0.717, 1.165) is 31.5 Å². The minimum atomic E-state index is -0.487. The van der Waals surface area contributed by atoms with Gasteiger partial charge in [0.2, 0.25) is 0 Å². The lowest BCUT2D eigenvalue weighted by molar-refractivity contribution is 0.0205. The van der Waals surface area contributed by atoms with Gasteiger partial charge in [-0.3, -0.25) is 0 Å². The van der Waals surface area contributed by atoms with Gasteiger partial charge in [0.05, 0.1) is 0 Å². The number of hydrogen-bond acceptors (Lipinski definition) is 7. The molecule has 1 aromatic carbocycles. The fraction of sp³-hybridized carbons (Fsp3) is 0.542. The van der Waals surface area contributed by atoms with Crippen molar-refractivity contribution in [3.63, 3.8) is 0 Å². The standard InChI is InChI=1S/C24H30N4O4/c1-24(2,3)32-23(31)26-11-8-18(9-12-26)27-14-10-19-20(27)5-4-6-21(19)28-13-7-17(15-29)25-22(28)16-30/h4-6,18,25H,7-14H2,1-3H3. The minimum absolute atomic E-state index is 0.241. The number of carbonyl (C=O) groups excluding carboxylic acids is 3. The maximum absolute atomic E-state index is 12.4. The molecule has 8 heteroatoms. The third-order valence-corrected chi connectivity index (χ3v) is 6.23. The summed E-state index contributed by atoms with van der Waals surface area (Å²) in [5, 5.41) is 2.85. The number of nitrogens with zero attached hydrogens (tertiary/aromatic N) is 3. The van der Waals surface area contributed by atoms with Crippen LogP contribution in [-0.2, 0) is 20.7 Å². The largest absolute Gasteiger partial charge is 0.444 e. The van der Waals surface area contributed by atoms with Gasteiger partial charge in [-0.05, 0) is 52.2 Å².